The van der Waals surface area contributed by atoms with Crippen LogP contribution in [-0.4, -0.2) is 182 Å². The lowest BCUT2D eigenvalue weighted by atomic mass is 9.78. The van der Waals surface area contributed by atoms with Gasteiger partial charge < -0.3 is 54.5 Å². The van der Waals surface area contributed by atoms with Crippen molar-refractivity contribution < 1.29 is 76.1 Å². The molecule has 0 aromatic carbocycles. The minimum absolute atomic E-state index is 0.00238. The van der Waals surface area contributed by atoms with Gasteiger partial charge in [-0.2, -0.15) is 5.10 Å². The van der Waals surface area contributed by atoms with Crippen molar-refractivity contribution in [3.05, 3.63) is 47.3 Å². The Morgan fingerprint density at radius 2 is 1.66 bits per heavy atom. The van der Waals surface area contributed by atoms with Gasteiger partial charge in [-0.3, -0.25) is 28.8 Å². The van der Waals surface area contributed by atoms with Crippen LogP contribution in [0.5, 0.6) is 5.75 Å². The van der Waals surface area contributed by atoms with Crippen molar-refractivity contribution in [3.63, 3.8) is 0 Å². The van der Waals surface area contributed by atoms with Gasteiger partial charge in [0.15, 0.2) is 11.6 Å². The number of aliphatic hydroxyl groups is 3. The summed E-state index contributed by atoms with van der Waals surface area (Å²) in [6.45, 7) is 16.1. The largest absolute Gasteiger partial charge is 0.573 e. The van der Waals surface area contributed by atoms with Gasteiger partial charge in [0.1, 0.15) is 11.8 Å². The van der Waals surface area contributed by atoms with E-state index in [2.05, 4.69) is 27.6 Å². The zero-order valence-corrected chi connectivity index (χ0v) is 52.7. The molecule has 15 atom stereocenters. The lowest BCUT2D eigenvalue weighted by Gasteiger charge is -2.45. The highest BCUT2D eigenvalue weighted by Crippen LogP contribution is 2.59. The normalized spacial score (nSPS) is 35.3. The van der Waals surface area contributed by atoms with Gasteiger partial charge in [-0.25, -0.2) is 9.78 Å². The van der Waals surface area contributed by atoms with E-state index in [9.17, 15) is 52.5 Å². The first-order valence-electron chi connectivity index (χ1n) is 32.1. The number of pyridine rings is 1. The number of carbonyl (C=O) groups is 5. The Morgan fingerprint density at radius 3 is 2.33 bits per heavy atom. The Balaban J connectivity index is 0.899. The number of fused-ring (bicyclic) bond motifs is 4. The highest BCUT2D eigenvalue weighted by atomic mass is 19.4. The number of aromatic nitrogens is 3. The number of halogens is 3. The van der Waals surface area contributed by atoms with Crippen molar-refractivity contribution in [2.75, 3.05) is 59.3 Å². The predicted octanol–water partition coefficient (Wildman–Crippen LogP) is 7.73. The van der Waals surface area contributed by atoms with Gasteiger partial charge in [-0.15, -0.1) is 13.2 Å². The van der Waals surface area contributed by atoms with Gasteiger partial charge in [-0.05, 0) is 140 Å². The smallest absolute Gasteiger partial charge is 0.464 e. The van der Waals surface area contributed by atoms with Crippen LogP contribution < -0.4 is 10.5 Å². The third-order valence-corrected chi connectivity index (χ3v) is 20.7. The number of allylic oxidation sites excluding steroid dienone is 3. The van der Waals surface area contributed by atoms with Gasteiger partial charge >= 0.3 is 12.3 Å². The first-order chi connectivity index (χ1) is 41.7. The maximum Gasteiger partial charge on any atom is 0.573 e. The summed E-state index contributed by atoms with van der Waals surface area (Å²) in [7, 11) is 3.12. The lowest BCUT2D eigenvalue weighted by Crippen LogP contribution is -2.62. The van der Waals surface area contributed by atoms with Crippen LogP contribution in [-0.2, 0) is 42.9 Å². The summed E-state index contributed by atoms with van der Waals surface area (Å²) in [5, 5.41) is 39.8. The number of aliphatic hydroxyl groups excluding tert-OH is 2. The molecule has 488 valence electrons. The summed E-state index contributed by atoms with van der Waals surface area (Å²) in [4.78, 5) is 81.4. The molecule has 6 fully saturated rings. The summed E-state index contributed by atoms with van der Waals surface area (Å²) in [6.07, 6.45) is 2.85. The monoisotopic (exact) mass is 1240 g/mol. The molecule has 88 heavy (non-hydrogen) atoms. The van der Waals surface area contributed by atoms with Crippen molar-refractivity contribution in [3.8, 4) is 17.0 Å². The highest BCUT2D eigenvalue weighted by Gasteiger charge is 2.60. The fraction of sp³-hybridized carbons (Fsp3) is 0.738. The SMILES string of the molecule is CC[C@@H]1CC[C@H]2O[C@@](O)(C(=O)C(=O)N3CCCC[C@H]3C(=O)OC[C@H](/C(C)=C/[C@@H]3CC[C@@H](O)[C@H](OC)C3)[C@H](C)[C@@H](O)CC(=O)[C@H](CCC(=O)N3CC(N4CC5C(C4)C5c4cc(-c5cnc(N)c(OC(F)(F)F)c5)nn4C(C)C)C3)/C=C(\C)C1)[C@H](C)C[C@@H]2OC. The Bertz CT molecular complexity index is 2880. The Labute approximate surface area is 515 Å². The van der Waals surface area contributed by atoms with E-state index in [1.807, 2.05) is 56.3 Å². The van der Waals surface area contributed by atoms with E-state index in [4.69, 9.17) is 29.8 Å². The number of ketones is 2. The Kier molecular flexibility index (Phi) is 21.4. The van der Waals surface area contributed by atoms with Gasteiger partial charge in [0.2, 0.25) is 11.7 Å². The zero-order chi connectivity index (χ0) is 63.7. The maximum atomic E-state index is 14.8. The number of ether oxygens (including phenoxy) is 5. The van der Waals surface area contributed by atoms with E-state index < -0.39 is 89.7 Å². The third-order valence-electron chi connectivity index (χ3n) is 20.7. The van der Waals surface area contributed by atoms with Crippen LogP contribution in [0.25, 0.3) is 11.3 Å². The molecule has 4 saturated heterocycles. The van der Waals surface area contributed by atoms with Crippen LogP contribution in [0.3, 0.4) is 0 Å². The molecule has 2 aliphatic carbocycles. The van der Waals surface area contributed by atoms with Crippen LogP contribution in [0, 0.1) is 47.3 Å². The molecule has 20 nitrogen and oxygen atoms in total. The molecule has 0 radical (unpaired) electrons. The van der Waals surface area contributed by atoms with Gasteiger partial charge in [-0.1, -0.05) is 50.5 Å². The Hall–Kier alpha value is -5.30. The molecular formula is C65H94F3N7O13. The van der Waals surface area contributed by atoms with E-state index in [0.717, 1.165) is 36.4 Å². The summed E-state index contributed by atoms with van der Waals surface area (Å²) in [5.74, 6) is -8.38. The Morgan fingerprint density at radius 1 is 0.943 bits per heavy atom. The lowest BCUT2D eigenvalue weighted by molar-refractivity contribution is -0.287. The van der Waals surface area contributed by atoms with Crippen LogP contribution in [0.1, 0.15) is 156 Å². The van der Waals surface area contributed by atoms with Crippen molar-refractivity contribution in [2.45, 2.75) is 205 Å². The number of nitrogen functional groups attached to an aromatic ring is 1. The van der Waals surface area contributed by atoms with Gasteiger partial charge in [0, 0.05) is 113 Å². The third kappa shape index (κ3) is 15.0. The van der Waals surface area contributed by atoms with Crippen molar-refractivity contribution in [1.29, 1.82) is 0 Å². The second-order valence-corrected chi connectivity index (χ2v) is 26.9. The summed E-state index contributed by atoms with van der Waals surface area (Å²) in [5.41, 5.74) is 9.30. The minimum Gasteiger partial charge on any atom is -0.464 e. The second-order valence-electron chi connectivity index (χ2n) is 26.9. The van der Waals surface area contributed by atoms with E-state index in [0.29, 0.717) is 87.5 Å². The standard InChI is InChI=1S/C65H94F3N7O13/c1-10-40-15-18-54-56(85-9)24-38(6)64(83,87-54)60(80)62(81)74-20-12-11-13-49(74)63(82)86-34-47(37(5)23-41-14-17-51(76)55(25-41)84-8)39(7)52(77)28-53(78)42(22-36(4)21-40)16-19-58(79)73-30-44(31-73)72-32-45-46(33-72)59(45)50-27-48(71-75(50)35(2)3)43-26-57(61(69)70-29-43)88-65(66,67)68/h22-23,26-27,29,35,38-42,44-47,49,51-52,54-56,59,76-77,83H,10-21,24-25,28,30-34H2,1-9H3,(H2,69,70)/b36-22+,37-23+/t38-,39+,40-,41+,42-,45?,46?,47-,49+,51-,52+,54-,55-,56+,59?,64-/m1/s1. The number of alkyl halides is 3. The maximum absolute atomic E-state index is 14.8. The van der Waals surface area contributed by atoms with Crippen LogP contribution in [0.4, 0.5) is 19.0 Å². The fourth-order valence-corrected chi connectivity index (χ4v) is 15.1. The van der Waals surface area contributed by atoms with Crippen molar-refractivity contribution in [2.24, 2.45) is 47.3 Å². The molecule has 2 bridgehead atoms. The molecule has 2 aromatic heterocycles. The van der Waals surface area contributed by atoms with E-state index in [1.54, 1.807) is 21.1 Å². The number of methoxy groups -OCH3 is 2. The topological polar surface area (TPSA) is 259 Å². The summed E-state index contributed by atoms with van der Waals surface area (Å²) >= 11 is 0. The molecule has 7 aliphatic rings. The number of hydrogen-bond donors (Lipinski definition) is 4. The van der Waals surface area contributed by atoms with Crippen molar-refractivity contribution >= 4 is 35.2 Å². The molecule has 2 saturated carbocycles. The number of piperidine rings is 2. The number of hydrogen-bond acceptors (Lipinski definition) is 17. The second kappa shape index (κ2) is 28.1. The van der Waals surface area contributed by atoms with Crippen LogP contribution in [0.2, 0.25) is 0 Å². The number of anilines is 1. The molecule has 2 unspecified atom stereocenters. The van der Waals surface area contributed by atoms with Gasteiger partial charge in [0.05, 0.1) is 42.8 Å². The number of amides is 2. The van der Waals surface area contributed by atoms with Gasteiger partial charge in [0.25, 0.3) is 11.7 Å². The predicted molar refractivity (Wildman–Crippen MR) is 319 cm³/mol. The number of nitrogens with zero attached hydrogens (tertiary/aromatic N) is 6. The molecule has 2 amide bonds. The average Bonchev–Trinajstić information content (AvgIpc) is 1.64. The quantitative estimate of drug-likeness (QED) is 0.0849. The molecule has 23 heteroatoms. The average molecular weight is 1240 g/mol. The number of rotatable bonds is 13. The molecule has 9 rings (SSSR count). The summed E-state index contributed by atoms with van der Waals surface area (Å²) < 4.78 is 69.4. The zero-order valence-electron chi connectivity index (χ0n) is 52.7. The van der Waals surface area contributed by atoms with Crippen LogP contribution in [0.15, 0.2) is 41.6 Å². The number of Topliss-reactive ketones (excluding diaryl/α,β-unsaturated/α-hetero) is 2. The molecule has 5 N–H and O–H groups in total. The van der Waals surface area contributed by atoms with Crippen molar-refractivity contribution in [1.82, 2.24) is 29.5 Å². The minimum atomic E-state index is -4.94. The van der Waals surface area contributed by atoms with E-state index in [-0.39, 0.29) is 98.7 Å². The number of cyclic esters (lactones) is 1. The van der Waals surface area contributed by atoms with E-state index >= 15 is 0 Å². The highest BCUT2D eigenvalue weighted by molar-refractivity contribution is 6.39. The van der Waals surface area contributed by atoms with Crippen LogP contribution >= 0.6 is 0 Å². The molecule has 5 aliphatic heterocycles. The first kappa shape index (κ1) is 67.1. The number of carbonyl (C=O) groups excluding carboxylic acids is 5. The number of esters is 1. The fourth-order valence-electron chi connectivity index (χ4n) is 15.1. The molecule has 7 heterocycles. The van der Waals surface area contributed by atoms with E-state index in [1.165, 1.54) is 17.2 Å². The summed E-state index contributed by atoms with van der Waals surface area (Å²) in [6, 6.07) is 2.16. The number of nitrogens with two attached hydrogens (primary N) is 1. The molecule has 2 aromatic rings. The molecular weight excluding hydrogens is 1140 g/mol. The molecule has 0 spiro atoms. The first-order valence-corrected chi connectivity index (χ1v) is 32.1. The number of likely N-dealkylation sites (tertiary alicyclic amines) is 2.